The van der Waals surface area contributed by atoms with E-state index in [-0.39, 0.29) is 0 Å². The fraction of sp³-hybridized carbons (Fsp3) is 0.467. The molecule has 0 fully saturated rings. The lowest BCUT2D eigenvalue weighted by Gasteiger charge is -2.30. The number of hydrogen-bond donors (Lipinski definition) is 2. The molecule has 0 aliphatic rings. The lowest BCUT2D eigenvalue weighted by atomic mass is 10.1. The van der Waals surface area contributed by atoms with E-state index in [4.69, 9.17) is 10.6 Å². The van der Waals surface area contributed by atoms with Gasteiger partial charge < -0.3 is 9.64 Å². The smallest absolute Gasteiger partial charge is 0.239 e. The van der Waals surface area contributed by atoms with Crippen molar-refractivity contribution in [1.29, 1.82) is 0 Å². The van der Waals surface area contributed by atoms with E-state index in [0.717, 1.165) is 29.7 Å². The maximum absolute atomic E-state index is 5.50. The predicted molar refractivity (Wildman–Crippen MR) is 86.3 cm³/mol. The Morgan fingerprint density at radius 1 is 1.33 bits per heavy atom. The van der Waals surface area contributed by atoms with Crippen molar-refractivity contribution < 1.29 is 4.74 Å². The number of ether oxygens (including phenoxy) is 1. The molecule has 1 heterocycles. The molecular formula is C15H23N5O. The van der Waals surface area contributed by atoms with Crippen LogP contribution in [-0.2, 0) is 4.74 Å². The van der Waals surface area contributed by atoms with Crippen LogP contribution in [0.1, 0.15) is 20.3 Å². The van der Waals surface area contributed by atoms with E-state index in [2.05, 4.69) is 34.1 Å². The second kappa shape index (κ2) is 7.19. The van der Waals surface area contributed by atoms with Crippen molar-refractivity contribution in [1.82, 2.24) is 9.97 Å². The Morgan fingerprint density at radius 2 is 2.10 bits per heavy atom. The molecule has 1 aromatic heterocycles. The van der Waals surface area contributed by atoms with Crippen LogP contribution in [0.25, 0.3) is 10.9 Å². The number of benzene rings is 1. The fourth-order valence-corrected chi connectivity index (χ4v) is 2.29. The quantitative estimate of drug-likeness (QED) is 0.601. The van der Waals surface area contributed by atoms with Gasteiger partial charge in [-0.25, -0.2) is 10.8 Å². The standard InChI is InChI=1S/C15H23N5O/c1-4-11(2)20(9-10-21-3)14-12-7-5-6-8-13(12)17-15(18-14)19-16/h5-8,11H,4,9-10,16H2,1-3H3,(H,17,18,19). The minimum absolute atomic E-state index is 0.351. The number of nitrogens with two attached hydrogens (primary N) is 1. The van der Waals surface area contributed by atoms with E-state index in [1.165, 1.54) is 0 Å². The molecule has 0 saturated heterocycles. The number of hydrazine groups is 1. The van der Waals surface area contributed by atoms with Crippen molar-refractivity contribution in [3.05, 3.63) is 24.3 Å². The number of anilines is 2. The topological polar surface area (TPSA) is 76.3 Å². The zero-order chi connectivity index (χ0) is 15.2. The molecule has 0 aliphatic carbocycles. The van der Waals surface area contributed by atoms with E-state index in [1.807, 2.05) is 24.3 Å². The molecule has 21 heavy (non-hydrogen) atoms. The number of nitrogens with zero attached hydrogens (tertiary/aromatic N) is 3. The SMILES string of the molecule is CCC(C)N(CCOC)c1nc(NN)nc2ccccc12. The van der Waals surface area contributed by atoms with Crippen LogP contribution in [0.2, 0.25) is 0 Å². The highest BCUT2D eigenvalue weighted by atomic mass is 16.5. The van der Waals surface area contributed by atoms with Crippen LogP contribution in [0, 0.1) is 0 Å². The van der Waals surface area contributed by atoms with E-state index in [1.54, 1.807) is 7.11 Å². The highest BCUT2D eigenvalue weighted by Crippen LogP contribution is 2.27. The number of hydrogen-bond acceptors (Lipinski definition) is 6. The number of nitrogens with one attached hydrogen (secondary N) is 1. The van der Waals surface area contributed by atoms with E-state index in [9.17, 15) is 0 Å². The Balaban J connectivity index is 2.53. The second-order valence-electron chi connectivity index (χ2n) is 4.98. The zero-order valence-corrected chi connectivity index (χ0v) is 12.8. The molecule has 1 unspecified atom stereocenters. The normalized spacial score (nSPS) is 12.4. The molecule has 3 N–H and O–H groups in total. The second-order valence-corrected chi connectivity index (χ2v) is 4.98. The zero-order valence-electron chi connectivity index (χ0n) is 12.8. The van der Waals surface area contributed by atoms with Gasteiger partial charge >= 0.3 is 0 Å². The van der Waals surface area contributed by atoms with Gasteiger partial charge in [-0.1, -0.05) is 19.1 Å². The van der Waals surface area contributed by atoms with Gasteiger partial charge in [-0.15, -0.1) is 0 Å². The molecule has 114 valence electrons. The third-order valence-corrected chi connectivity index (χ3v) is 3.64. The summed E-state index contributed by atoms with van der Waals surface area (Å²) >= 11 is 0. The summed E-state index contributed by atoms with van der Waals surface area (Å²) in [6.45, 7) is 5.77. The highest BCUT2D eigenvalue weighted by Gasteiger charge is 2.18. The molecule has 6 heteroatoms. The summed E-state index contributed by atoms with van der Waals surface area (Å²) in [6.07, 6.45) is 1.02. The van der Waals surface area contributed by atoms with Crippen LogP contribution in [0.5, 0.6) is 0 Å². The van der Waals surface area contributed by atoms with E-state index >= 15 is 0 Å². The lowest BCUT2D eigenvalue weighted by Crippen LogP contribution is -2.36. The van der Waals surface area contributed by atoms with E-state index in [0.29, 0.717) is 18.6 Å². The number of para-hydroxylation sites is 1. The van der Waals surface area contributed by atoms with Crippen LogP contribution in [0.3, 0.4) is 0 Å². The molecule has 0 radical (unpaired) electrons. The summed E-state index contributed by atoms with van der Waals surface area (Å²) in [7, 11) is 1.71. The monoisotopic (exact) mass is 289 g/mol. The Hall–Kier alpha value is -1.92. The van der Waals surface area contributed by atoms with Gasteiger partial charge in [-0.3, -0.25) is 5.43 Å². The maximum atomic E-state index is 5.50. The van der Waals surface area contributed by atoms with Crippen molar-refractivity contribution >= 4 is 22.7 Å². The van der Waals surface area contributed by atoms with Gasteiger partial charge in [0.15, 0.2) is 0 Å². The lowest BCUT2D eigenvalue weighted by molar-refractivity contribution is 0.203. The van der Waals surface area contributed by atoms with Gasteiger partial charge in [0.1, 0.15) is 5.82 Å². The number of nitrogen functional groups attached to an aromatic ring is 1. The van der Waals surface area contributed by atoms with Crippen molar-refractivity contribution in [2.45, 2.75) is 26.3 Å². The van der Waals surface area contributed by atoms with Gasteiger partial charge in [0, 0.05) is 25.1 Å². The highest BCUT2D eigenvalue weighted by molar-refractivity contribution is 5.90. The minimum Gasteiger partial charge on any atom is -0.383 e. The molecule has 6 nitrogen and oxygen atoms in total. The van der Waals surface area contributed by atoms with Crippen molar-refractivity contribution in [2.75, 3.05) is 30.6 Å². The van der Waals surface area contributed by atoms with Crippen molar-refractivity contribution in [2.24, 2.45) is 5.84 Å². The van der Waals surface area contributed by atoms with Gasteiger partial charge in [0.2, 0.25) is 5.95 Å². The Labute approximate surface area is 125 Å². The van der Waals surface area contributed by atoms with Crippen LogP contribution in [0.15, 0.2) is 24.3 Å². The molecule has 2 aromatic rings. The van der Waals surface area contributed by atoms with Crippen LogP contribution < -0.4 is 16.2 Å². The number of rotatable bonds is 7. The third-order valence-electron chi connectivity index (χ3n) is 3.64. The first-order chi connectivity index (χ1) is 10.2. The summed E-state index contributed by atoms with van der Waals surface area (Å²) < 4.78 is 5.23. The predicted octanol–water partition coefficient (Wildman–Crippen LogP) is 2.17. The Morgan fingerprint density at radius 3 is 2.76 bits per heavy atom. The summed E-state index contributed by atoms with van der Waals surface area (Å²) in [6, 6.07) is 8.31. The molecule has 0 bridgehead atoms. The van der Waals surface area contributed by atoms with Crippen LogP contribution in [-0.4, -0.2) is 36.3 Å². The minimum atomic E-state index is 0.351. The molecule has 0 aliphatic heterocycles. The number of fused-ring (bicyclic) bond motifs is 1. The first-order valence-corrected chi connectivity index (χ1v) is 7.20. The number of methoxy groups -OCH3 is 1. The first-order valence-electron chi connectivity index (χ1n) is 7.20. The van der Waals surface area contributed by atoms with Crippen LogP contribution in [0.4, 0.5) is 11.8 Å². The summed E-state index contributed by atoms with van der Waals surface area (Å²) in [5.74, 6) is 6.81. The summed E-state index contributed by atoms with van der Waals surface area (Å²) in [5.41, 5.74) is 3.42. The van der Waals surface area contributed by atoms with Crippen molar-refractivity contribution in [3.63, 3.8) is 0 Å². The molecule has 1 atom stereocenters. The van der Waals surface area contributed by atoms with Gasteiger partial charge in [-0.2, -0.15) is 4.98 Å². The molecular weight excluding hydrogens is 266 g/mol. The van der Waals surface area contributed by atoms with Gasteiger partial charge in [-0.05, 0) is 25.5 Å². The van der Waals surface area contributed by atoms with Crippen LogP contribution >= 0.6 is 0 Å². The molecule has 0 saturated carbocycles. The molecule has 0 spiro atoms. The average molecular weight is 289 g/mol. The number of aromatic nitrogens is 2. The fourth-order valence-electron chi connectivity index (χ4n) is 2.29. The van der Waals surface area contributed by atoms with Gasteiger partial charge in [0.05, 0.1) is 12.1 Å². The molecule has 0 amide bonds. The molecule has 2 rings (SSSR count). The Bertz CT molecular complexity index is 589. The summed E-state index contributed by atoms with van der Waals surface area (Å²) in [4.78, 5) is 11.2. The van der Waals surface area contributed by atoms with Gasteiger partial charge in [0.25, 0.3) is 0 Å². The van der Waals surface area contributed by atoms with Crippen molar-refractivity contribution in [3.8, 4) is 0 Å². The largest absolute Gasteiger partial charge is 0.383 e. The maximum Gasteiger partial charge on any atom is 0.239 e. The average Bonchev–Trinajstić information content (AvgIpc) is 2.54. The third kappa shape index (κ3) is 3.40. The van der Waals surface area contributed by atoms with E-state index < -0.39 is 0 Å². The summed E-state index contributed by atoms with van der Waals surface area (Å²) in [5, 5.41) is 1.02. The Kier molecular flexibility index (Phi) is 5.30. The molecule has 1 aromatic carbocycles. The first kappa shape index (κ1) is 15.5.